The maximum absolute atomic E-state index is 5.25. The predicted octanol–water partition coefficient (Wildman–Crippen LogP) is 4.17. The second-order valence-electron chi connectivity index (χ2n) is 5.62. The Balaban J connectivity index is 1.82. The number of hydrogen-bond acceptors (Lipinski definition) is 2. The molecular weight excluding hydrogens is 340 g/mol. The first kappa shape index (κ1) is 13.9. The second-order valence-corrected chi connectivity index (χ2v) is 6.53. The van der Waals surface area contributed by atoms with E-state index in [0.29, 0.717) is 0 Å². The summed E-state index contributed by atoms with van der Waals surface area (Å²) in [7, 11) is 1.70. The molecule has 0 aliphatic carbocycles. The van der Waals surface area contributed by atoms with Crippen molar-refractivity contribution in [3.05, 3.63) is 63.8 Å². The minimum Gasteiger partial charge on any atom is -0.497 e. The quantitative estimate of drug-likeness (QED) is 0.722. The molecule has 112 valence electrons. The monoisotopic (exact) mass is 356 g/mol. The molecule has 3 aromatic rings. The average molecular weight is 357 g/mol. The Morgan fingerprint density at radius 2 is 1.95 bits per heavy atom. The van der Waals surface area contributed by atoms with E-state index in [1.807, 2.05) is 12.1 Å². The fourth-order valence-electron chi connectivity index (χ4n) is 3.28. The van der Waals surface area contributed by atoms with Gasteiger partial charge in [-0.05, 0) is 47.9 Å². The Labute approximate surface area is 137 Å². The summed E-state index contributed by atoms with van der Waals surface area (Å²) in [6, 6.07) is 14.9. The molecular formula is C18H17BrN2O. The van der Waals surface area contributed by atoms with Crippen LogP contribution < -0.4 is 10.1 Å². The van der Waals surface area contributed by atoms with Gasteiger partial charge in [0.2, 0.25) is 0 Å². The van der Waals surface area contributed by atoms with Gasteiger partial charge >= 0.3 is 0 Å². The first-order valence-electron chi connectivity index (χ1n) is 7.43. The van der Waals surface area contributed by atoms with E-state index < -0.39 is 0 Å². The van der Waals surface area contributed by atoms with Crippen molar-refractivity contribution < 1.29 is 4.74 Å². The highest BCUT2D eigenvalue weighted by molar-refractivity contribution is 9.10. The van der Waals surface area contributed by atoms with Crippen molar-refractivity contribution in [2.45, 2.75) is 12.5 Å². The summed E-state index contributed by atoms with van der Waals surface area (Å²) < 4.78 is 6.38. The number of hydrogen-bond donors (Lipinski definition) is 2. The summed E-state index contributed by atoms with van der Waals surface area (Å²) in [6.45, 7) is 0.989. The van der Waals surface area contributed by atoms with Crippen LogP contribution in [0.3, 0.4) is 0 Å². The summed E-state index contributed by atoms with van der Waals surface area (Å²) in [5.41, 5.74) is 5.17. The molecule has 1 aliphatic rings. The van der Waals surface area contributed by atoms with E-state index in [4.69, 9.17) is 4.74 Å². The highest BCUT2D eigenvalue weighted by Crippen LogP contribution is 2.34. The van der Waals surface area contributed by atoms with Gasteiger partial charge in [0, 0.05) is 27.6 Å². The van der Waals surface area contributed by atoms with Gasteiger partial charge in [0.05, 0.1) is 13.2 Å². The lowest BCUT2D eigenvalue weighted by atomic mass is 9.94. The van der Waals surface area contributed by atoms with E-state index in [-0.39, 0.29) is 6.04 Å². The van der Waals surface area contributed by atoms with E-state index in [9.17, 15) is 0 Å². The summed E-state index contributed by atoms with van der Waals surface area (Å²) in [5.74, 6) is 0.889. The summed E-state index contributed by atoms with van der Waals surface area (Å²) in [5, 5.41) is 4.94. The zero-order chi connectivity index (χ0) is 15.1. The van der Waals surface area contributed by atoms with Crippen LogP contribution in [0.1, 0.15) is 22.9 Å². The van der Waals surface area contributed by atoms with Crippen molar-refractivity contribution in [1.29, 1.82) is 0 Å². The molecule has 1 aliphatic heterocycles. The Hall–Kier alpha value is -1.78. The minimum atomic E-state index is 0.209. The Morgan fingerprint density at radius 1 is 1.14 bits per heavy atom. The largest absolute Gasteiger partial charge is 0.497 e. The molecule has 2 heterocycles. The molecule has 4 rings (SSSR count). The fraction of sp³-hybridized carbons (Fsp3) is 0.222. The zero-order valence-corrected chi connectivity index (χ0v) is 13.9. The van der Waals surface area contributed by atoms with Crippen molar-refractivity contribution in [3.63, 3.8) is 0 Å². The summed E-state index contributed by atoms with van der Waals surface area (Å²) >= 11 is 3.58. The van der Waals surface area contributed by atoms with Gasteiger partial charge in [0.1, 0.15) is 5.75 Å². The van der Waals surface area contributed by atoms with Gasteiger partial charge in [-0.25, -0.2) is 0 Å². The Kier molecular flexibility index (Phi) is 3.43. The second kappa shape index (κ2) is 5.45. The zero-order valence-electron chi connectivity index (χ0n) is 12.3. The smallest absolute Gasteiger partial charge is 0.118 e. The normalized spacial score (nSPS) is 17.5. The molecule has 2 aromatic carbocycles. The predicted molar refractivity (Wildman–Crippen MR) is 92.5 cm³/mol. The van der Waals surface area contributed by atoms with E-state index in [1.54, 1.807) is 7.11 Å². The van der Waals surface area contributed by atoms with Crippen LogP contribution in [-0.4, -0.2) is 18.6 Å². The third-order valence-corrected chi connectivity index (χ3v) is 4.86. The Morgan fingerprint density at radius 3 is 2.73 bits per heavy atom. The van der Waals surface area contributed by atoms with Gasteiger partial charge in [-0.15, -0.1) is 0 Å². The van der Waals surface area contributed by atoms with E-state index in [1.165, 1.54) is 27.7 Å². The van der Waals surface area contributed by atoms with Gasteiger partial charge < -0.3 is 15.0 Å². The number of ether oxygens (including phenoxy) is 1. The molecule has 0 spiro atoms. The van der Waals surface area contributed by atoms with Gasteiger partial charge in [0.15, 0.2) is 0 Å². The molecule has 0 bridgehead atoms. The molecule has 2 N–H and O–H groups in total. The van der Waals surface area contributed by atoms with E-state index in [2.05, 4.69) is 56.6 Å². The van der Waals surface area contributed by atoms with Crippen LogP contribution in [0.2, 0.25) is 0 Å². The van der Waals surface area contributed by atoms with Crippen molar-refractivity contribution in [2.75, 3.05) is 13.7 Å². The number of rotatable bonds is 2. The molecule has 1 unspecified atom stereocenters. The SMILES string of the molecule is COc1ccc(C2NCCc3c2[nH]c2ccc(Br)cc32)cc1. The number of H-pyrrole nitrogens is 1. The van der Waals surface area contributed by atoms with Gasteiger partial charge in [-0.2, -0.15) is 0 Å². The first-order valence-corrected chi connectivity index (χ1v) is 8.23. The number of nitrogens with one attached hydrogen (secondary N) is 2. The lowest BCUT2D eigenvalue weighted by Gasteiger charge is -2.25. The average Bonchev–Trinajstić information content (AvgIpc) is 2.93. The molecule has 0 saturated heterocycles. The van der Waals surface area contributed by atoms with Crippen molar-refractivity contribution in [3.8, 4) is 5.75 Å². The van der Waals surface area contributed by atoms with E-state index in [0.717, 1.165) is 23.2 Å². The molecule has 4 heteroatoms. The fourth-order valence-corrected chi connectivity index (χ4v) is 3.64. The van der Waals surface area contributed by atoms with Crippen LogP contribution >= 0.6 is 15.9 Å². The summed E-state index contributed by atoms with van der Waals surface area (Å²) in [6.07, 6.45) is 1.05. The van der Waals surface area contributed by atoms with Gasteiger partial charge in [-0.3, -0.25) is 0 Å². The maximum Gasteiger partial charge on any atom is 0.118 e. The topological polar surface area (TPSA) is 37.0 Å². The van der Waals surface area contributed by atoms with Crippen molar-refractivity contribution in [2.24, 2.45) is 0 Å². The molecule has 0 radical (unpaired) electrons. The number of aromatic amines is 1. The van der Waals surface area contributed by atoms with Crippen LogP contribution in [0, 0.1) is 0 Å². The summed E-state index contributed by atoms with van der Waals surface area (Å²) in [4.78, 5) is 3.61. The van der Waals surface area contributed by atoms with Crippen molar-refractivity contribution in [1.82, 2.24) is 10.3 Å². The lowest BCUT2D eigenvalue weighted by Crippen LogP contribution is -2.30. The van der Waals surface area contributed by atoms with Crippen LogP contribution in [0.5, 0.6) is 5.75 Å². The molecule has 22 heavy (non-hydrogen) atoms. The third kappa shape index (κ3) is 2.23. The first-order chi connectivity index (χ1) is 10.8. The molecule has 1 atom stereocenters. The standard InChI is InChI=1S/C18H17BrN2O/c1-22-13-5-2-11(3-6-13)17-18-14(8-9-20-17)15-10-12(19)4-7-16(15)21-18/h2-7,10,17,20-21H,8-9H2,1H3. The van der Waals surface area contributed by atoms with Crippen LogP contribution in [0.25, 0.3) is 10.9 Å². The van der Waals surface area contributed by atoms with Crippen molar-refractivity contribution >= 4 is 26.8 Å². The molecule has 0 fully saturated rings. The van der Waals surface area contributed by atoms with Crippen LogP contribution in [-0.2, 0) is 6.42 Å². The minimum absolute atomic E-state index is 0.209. The lowest BCUT2D eigenvalue weighted by molar-refractivity contribution is 0.414. The van der Waals surface area contributed by atoms with Gasteiger partial charge in [0.25, 0.3) is 0 Å². The molecule has 3 nitrogen and oxygen atoms in total. The molecule has 0 saturated carbocycles. The maximum atomic E-state index is 5.25. The van der Waals surface area contributed by atoms with Crippen LogP contribution in [0.4, 0.5) is 0 Å². The number of fused-ring (bicyclic) bond motifs is 3. The Bertz CT molecular complexity index is 823. The van der Waals surface area contributed by atoms with Crippen LogP contribution in [0.15, 0.2) is 46.9 Å². The highest BCUT2D eigenvalue weighted by Gasteiger charge is 2.25. The molecule has 0 amide bonds. The number of methoxy groups -OCH3 is 1. The molecule has 1 aromatic heterocycles. The third-order valence-electron chi connectivity index (χ3n) is 4.36. The highest BCUT2D eigenvalue weighted by atomic mass is 79.9. The van der Waals surface area contributed by atoms with E-state index >= 15 is 0 Å². The van der Waals surface area contributed by atoms with Gasteiger partial charge in [-0.1, -0.05) is 28.1 Å². The number of aromatic nitrogens is 1. The number of halogens is 1. The number of benzene rings is 2.